The molecule has 31 heavy (non-hydrogen) atoms. The second kappa shape index (κ2) is 7.28. The zero-order valence-corrected chi connectivity index (χ0v) is 18.3. The van der Waals surface area contributed by atoms with Crippen molar-refractivity contribution >= 4 is 33.9 Å². The molecule has 0 unspecified atom stereocenters. The SMILES string of the molecule is CN1C(=O)C(C)(C)c2cc(-c3csc(Nc4ccc(-c5ccccc5)nn4)n3)ccc21. The highest BCUT2D eigenvalue weighted by molar-refractivity contribution is 7.14. The lowest BCUT2D eigenvalue weighted by molar-refractivity contribution is -0.121. The molecule has 1 N–H and O–H groups in total. The third kappa shape index (κ3) is 3.37. The topological polar surface area (TPSA) is 71.0 Å². The Morgan fingerprint density at radius 2 is 1.74 bits per heavy atom. The molecular formula is C24H21N5OS. The molecular weight excluding hydrogens is 406 g/mol. The lowest BCUT2D eigenvalue weighted by Gasteiger charge is -2.16. The zero-order chi connectivity index (χ0) is 21.6. The average Bonchev–Trinajstić information content (AvgIpc) is 3.33. The fourth-order valence-corrected chi connectivity index (χ4v) is 4.59. The molecule has 0 saturated heterocycles. The summed E-state index contributed by atoms with van der Waals surface area (Å²) in [5.41, 5.74) is 5.16. The summed E-state index contributed by atoms with van der Waals surface area (Å²) in [6.45, 7) is 3.93. The lowest BCUT2D eigenvalue weighted by Crippen LogP contribution is -2.33. The first-order chi connectivity index (χ1) is 14.9. The van der Waals surface area contributed by atoms with Gasteiger partial charge in [0.1, 0.15) is 0 Å². The summed E-state index contributed by atoms with van der Waals surface area (Å²) in [4.78, 5) is 19.0. The molecule has 1 aliphatic rings. The van der Waals surface area contributed by atoms with Crippen molar-refractivity contribution in [3.63, 3.8) is 0 Å². The predicted molar refractivity (Wildman–Crippen MR) is 125 cm³/mol. The molecule has 0 atom stereocenters. The van der Waals surface area contributed by atoms with Crippen molar-refractivity contribution in [2.75, 3.05) is 17.3 Å². The molecule has 0 aliphatic carbocycles. The maximum Gasteiger partial charge on any atom is 0.236 e. The number of aromatic nitrogens is 3. The smallest absolute Gasteiger partial charge is 0.236 e. The molecule has 0 saturated carbocycles. The highest BCUT2D eigenvalue weighted by atomic mass is 32.1. The zero-order valence-electron chi connectivity index (χ0n) is 17.5. The van der Waals surface area contributed by atoms with Gasteiger partial charge in [-0.25, -0.2) is 4.98 Å². The van der Waals surface area contributed by atoms with E-state index in [1.54, 1.807) is 4.90 Å². The number of benzene rings is 2. The standard InChI is InChI=1S/C24H21N5OS/c1-24(2)17-13-16(9-11-20(17)29(3)22(24)30)19-14-31-23(25-19)26-21-12-10-18(27-28-21)15-7-5-4-6-8-15/h4-14H,1-3H3,(H,25,26,28). The Kier molecular flexibility index (Phi) is 4.55. The Hall–Kier alpha value is -3.58. The Morgan fingerprint density at radius 3 is 2.48 bits per heavy atom. The molecule has 2 aromatic carbocycles. The van der Waals surface area contributed by atoms with E-state index in [1.807, 2.05) is 80.9 Å². The maximum absolute atomic E-state index is 12.5. The number of nitrogens with one attached hydrogen (secondary N) is 1. The van der Waals surface area contributed by atoms with Gasteiger partial charge in [0.15, 0.2) is 10.9 Å². The van der Waals surface area contributed by atoms with Crippen LogP contribution in [0, 0.1) is 0 Å². The number of likely N-dealkylation sites (N-methyl/N-ethyl adjacent to an activating group) is 1. The molecule has 0 bridgehead atoms. The van der Waals surface area contributed by atoms with Crippen molar-refractivity contribution in [3.05, 3.63) is 71.6 Å². The number of nitrogens with zero attached hydrogens (tertiary/aromatic N) is 4. The van der Waals surface area contributed by atoms with Crippen LogP contribution < -0.4 is 10.2 Å². The van der Waals surface area contributed by atoms with Crippen LogP contribution in [-0.2, 0) is 10.2 Å². The van der Waals surface area contributed by atoms with Crippen molar-refractivity contribution in [3.8, 4) is 22.5 Å². The summed E-state index contributed by atoms with van der Waals surface area (Å²) in [7, 11) is 1.82. The van der Waals surface area contributed by atoms with Crippen LogP contribution in [0.2, 0.25) is 0 Å². The number of fused-ring (bicyclic) bond motifs is 1. The summed E-state index contributed by atoms with van der Waals surface area (Å²) in [5.74, 6) is 0.751. The largest absolute Gasteiger partial charge is 0.315 e. The highest BCUT2D eigenvalue weighted by Crippen LogP contribution is 2.42. The number of hydrogen-bond donors (Lipinski definition) is 1. The van der Waals surface area contributed by atoms with Crippen LogP contribution in [0.25, 0.3) is 22.5 Å². The normalized spacial score (nSPS) is 14.5. The second-order valence-electron chi connectivity index (χ2n) is 8.05. The minimum Gasteiger partial charge on any atom is -0.315 e. The van der Waals surface area contributed by atoms with Crippen LogP contribution in [0.4, 0.5) is 16.6 Å². The van der Waals surface area contributed by atoms with Crippen LogP contribution in [0.5, 0.6) is 0 Å². The Bertz CT molecular complexity index is 1260. The van der Waals surface area contributed by atoms with Crippen LogP contribution >= 0.6 is 11.3 Å². The van der Waals surface area contributed by atoms with Crippen molar-refractivity contribution in [1.82, 2.24) is 15.2 Å². The first kappa shape index (κ1) is 19.4. The number of rotatable bonds is 4. The molecule has 154 valence electrons. The fourth-order valence-electron chi connectivity index (χ4n) is 3.87. The van der Waals surface area contributed by atoms with Crippen LogP contribution in [-0.4, -0.2) is 28.1 Å². The minimum atomic E-state index is -0.534. The summed E-state index contributed by atoms with van der Waals surface area (Å²) in [6, 6.07) is 19.9. The maximum atomic E-state index is 12.5. The third-order valence-electron chi connectivity index (χ3n) is 5.64. The molecule has 7 heteroatoms. The van der Waals surface area contributed by atoms with E-state index in [-0.39, 0.29) is 5.91 Å². The quantitative estimate of drug-likeness (QED) is 0.481. The van der Waals surface area contributed by atoms with Gasteiger partial charge in [-0.3, -0.25) is 4.79 Å². The van der Waals surface area contributed by atoms with Crippen molar-refractivity contribution < 1.29 is 4.79 Å². The first-order valence-electron chi connectivity index (χ1n) is 9.98. The van der Waals surface area contributed by atoms with E-state index < -0.39 is 5.41 Å². The van der Waals surface area contributed by atoms with Gasteiger partial charge >= 0.3 is 0 Å². The molecule has 1 aliphatic heterocycles. The van der Waals surface area contributed by atoms with E-state index >= 15 is 0 Å². The molecule has 6 nitrogen and oxygen atoms in total. The fraction of sp³-hybridized carbons (Fsp3) is 0.167. The lowest BCUT2D eigenvalue weighted by atomic mass is 9.85. The van der Waals surface area contributed by atoms with Gasteiger partial charge in [-0.2, -0.15) is 0 Å². The van der Waals surface area contributed by atoms with E-state index in [0.717, 1.165) is 38.9 Å². The Morgan fingerprint density at radius 1 is 0.935 bits per heavy atom. The number of hydrogen-bond acceptors (Lipinski definition) is 6. The van der Waals surface area contributed by atoms with E-state index in [4.69, 9.17) is 4.98 Å². The molecule has 1 amide bonds. The summed E-state index contributed by atoms with van der Waals surface area (Å²) >= 11 is 1.51. The summed E-state index contributed by atoms with van der Waals surface area (Å²) < 4.78 is 0. The number of thiazole rings is 1. The van der Waals surface area contributed by atoms with E-state index in [0.29, 0.717) is 5.82 Å². The van der Waals surface area contributed by atoms with Gasteiger partial charge in [-0.15, -0.1) is 21.5 Å². The third-order valence-corrected chi connectivity index (χ3v) is 6.40. The van der Waals surface area contributed by atoms with E-state index in [2.05, 4.69) is 21.6 Å². The Labute approximate surface area is 184 Å². The molecule has 4 aromatic rings. The molecule has 3 heterocycles. The number of amides is 1. The predicted octanol–water partition coefficient (Wildman–Crippen LogP) is 5.26. The molecule has 5 rings (SSSR count). The minimum absolute atomic E-state index is 0.109. The van der Waals surface area contributed by atoms with Gasteiger partial charge in [0.05, 0.1) is 16.8 Å². The van der Waals surface area contributed by atoms with Crippen molar-refractivity contribution in [2.45, 2.75) is 19.3 Å². The van der Waals surface area contributed by atoms with Crippen molar-refractivity contribution in [1.29, 1.82) is 0 Å². The average molecular weight is 428 g/mol. The van der Waals surface area contributed by atoms with E-state index in [1.165, 1.54) is 11.3 Å². The van der Waals surface area contributed by atoms with Crippen LogP contribution in [0.15, 0.2) is 66.0 Å². The van der Waals surface area contributed by atoms with Crippen molar-refractivity contribution in [2.24, 2.45) is 0 Å². The van der Waals surface area contributed by atoms with Gasteiger partial charge < -0.3 is 10.2 Å². The van der Waals surface area contributed by atoms with E-state index in [9.17, 15) is 4.79 Å². The number of anilines is 3. The molecule has 0 fully saturated rings. The highest BCUT2D eigenvalue weighted by Gasteiger charge is 2.42. The Balaban J connectivity index is 1.37. The van der Waals surface area contributed by atoms with Crippen LogP contribution in [0.1, 0.15) is 19.4 Å². The molecule has 0 radical (unpaired) electrons. The summed E-state index contributed by atoms with van der Waals surface area (Å²) in [5, 5.41) is 14.6. The first-order valence-corrected chi connectivity index (χ1v) is 10.9. The molecule has 2 aromatic heterocycles. The second-order valence-corrected chi connectivity index (χ2v) is 8.91. The van der Waals surface area contributed by atoms with Gasteiger partial charge in [0.2, 0.25) is 5.91 Å². The van der Waals surface area contributed by atoms with Crippen LogP contribution in [0.3, 0.4) is 0 Å². The number of carbonyl (C=O) groups is 1. The van der Waals surface area contributed by atoms with Gasteiger partial charge in [-0.05, 0) is 43.7 Å². The van der Waals surface area contributed by atoms with Gasteiger partial charge in [-0.1, -0.05) is 36.4 Å². The molecule has 0 spiro atoms. The van der Waals surface area contributed by atoms with Gasteiger partial charge in [0.25, 0.3) is 0 Å². The monoisotopic (exact) mass is 427 g/mol. The number of carbonyl (C=O) groups excluding carboxylic acids is 1. The van der Waals surface area contributed by atoms with Gasteiger partial charge in [0, 0.05) is 29.2 Å². The summed E-state index contributed by atoms with van der Waals surface area (Å²) in [6.07, 6.45) is 0.